The van der Waals surface area contributed by atoms with E-state index in [2.05, 4.69) is 0 Å². The first-order valence-corrected chi connectivity index (χ1v) is 5.83. The van der Waals surface area contributed by atoms with Crippen LogP contribution in [0.5, 0.6) is 0 Å². The van der Waals surface area contributed by atoms with E-state index in [1.54, 1.807) is 11.4 Å². The van der Waals surface area contributed by atoms with Gasteiger partial charge in [-0.2, -0.15) is 24.5 Å². The minimum atomic E-state index is -4.66. The summed E-state index contributed by atoms with van der Waals surface area (Å²) in [5, 5.41) is 12.4. The quantitative estimate of drug-likeness (QED) is 0.933. The zero-order valence-electron chi connectivity index (χ0n) is 8.94. The Balaban J connectivity index is 2.37. The van der Waals surface area contributed by atoms with Crippen LogP contribution in [0.3, 0.4) is 0 Å². The number of halogens is 3. The van der Waals surface area contributed by atoms with Crippen molar-refractivity contribution in [3.8, 4) is 0 Å². The Labute approximate surface area is 104 Å². The molecule has 0 fully saturated rings. The molecule has 2 rings (SSSR count). The largest absolute Gasteiger partial charge is 0.478 e. The molecule has 0 amide bonds. The fraction of sp³-hybridized carbons (Fsp3) is 0.182. The Morgan fingerprint density at radius 1 is 1.39 bits per heavy atom. The third-order valence-corrected chi connectivity index (χ3v) is 3.09. The maximum atomic E-state index is 12.6. The Kier molecular flexibility index (Phi) is 3.16. The second-order valence-electron chi connectivity index (χ2n) is 3.69. The van der Waals surface area contributed by atoms with E-state index in [4.69, 9.17) is 5.11 Å². The van der Waals surface area contributed by atoms with E-state index in [0.29, 0.717) is 0 Å². The molecule has 0 unspecified atom stereocenters. The van der Waals surface area contributed by atoms with Gasteiger partial charge in [0.1, 0.15) is 0 Å². The van der Waals surface area contributed by atoms with Crippen LogP contribution in [-0.4, -0.2) is 15.6 Å². The number of alkyl halides is 3. The van der Waals surface area contributed by atoms with Crippen molar-refractivity contribution in [3.05, 3.63) is 45.9 Å². The van der Waals surface area contributed by atoms with Crippen molar-refractivity contribution in [3.63, 3.8) is 0 Å². The number of hydrogen-bond acceptors (Lipinski definition) is 2. The molecule has 7 heteroatoms. The molecule has 0 aliphatic heterocycles. The maximum Gasteiger partial charge on any atom is 0.418 e. The number of carboxylic acids is 1. The number of carbonyl (C=O) groups is 1. The average molecular weight is 275 g/mol. The third-order valence-electron chi connectivity index (χ3n) is 2.36. The van der Waals surface area contributed by atoms with Gasteiger partial charge in [-0.3, -0.25) is 0 Å². The molecular weight excluding hydrogens is 267 g/mol. The molecule has 0 aliphatic rings. The van der Waals surface area contributed by atoms with E-state index in [1.165, 1.54) is 15.9 Å². The summed E-state index contributed by atoms with van der Waals surface area (Å²) in [5.41, 5.74) is -1.01. The van der Waals surface area contributed by atoms with Crippen LogP contribution in [0.1, 0.15) is 21.5 Å². The van der Waals surface area contributed by atoms with Crippen LogP contribution in [0.2, 0.25) is 0 Å². The highest BCUT2D eigenvalue weighted by molar-refractivity contribution is 7.07. The minimum absolute atomic E-state index is 0.222. The average Bonchev–Trinajstić information content (AvgIpc) is 2.85. The summed E-state index contributed by atoms with van der Waals surface area (Å²) in [5.74, 6) is -1.58. The van der Waals surface area contributed by atoms with Gasteiger partial charge in [-0.1, -0.05) is 0 Å². The zero-order chi connectivity index (χ0) is 13.3. The molecule has 2 aromatic heterocycles. The summed E-state index contributed by atoms with van der Waals surface area (Å²) in [6.45, 7) is 0.222. The first-order chi connectivity index (χ1) is 8.38. The molecule has 2 heterocycles. The highest BCUT2D eigenvalue weighted by Crippen LogP contribution is 2.32. The second kappa shape index (κ2) is 4.49. The van der Waals surface area contributed by atoms with Gasteiger partial charge < -0.3 is 9.67 Å². The SMILES string of the molecule is O=C(O)c1cn(Cc2ccsc2)cc1C(F)(F)F. The van der Waals surface area contributed by atoms with Crippen molar-refractivity contribution in [1.82, 2.24) is 4.57 Å². The third kappa shape index (κ3) is 2.56. The number of hydrogen-bond donors (Lipinski definition) is 1. The summed E-state index contributed by atoms with van der Waals surface area (Å²) in [6, 6.07) is 1.78. The van der Waals surface area contributed by atoms with Crippen LogP contribution >= 0.6 is 11.3 Å². The van der Waals surface area contributed by atoms with E-state index < -0.39 is 23.3 Å². The van der Waals surface area contributed by atoms with Crippen LogP contribution < -0.4 is 0 Å². The standard InChI is InChI=1S/C11H8F3NO2S/c12-11(13,14)9-5-15(4-8(9)10(16)17)3-7-1-2-18-6-7/h1-2,4-6H,3H2,(H,16,17). The summed E-state index contributed by atoms with van der Waals surface area (Å²) in [6.07, 6.45) is -2.84. The number of thiophene rings is 1. The van der Waals surface area contributed by atoms with Gasteiger partial charge >= 0.3 is 12.1 Å². The predicted octanol–water partition coefficient (Wildman–Crippen LogP) is 3.31. The Morgan fingerprint density at radius 3 is 2.56 bits per heavy atom. The Bertz CT molecular complexity index is 557. The number of aromatic nitrogens is 1. The van der Waals surface area contributed by atoms with Crippen molar-refractivity contribution < 1.29 is 23.1 Å². The van der Waals surface area contributed by atoms with Crippen molar-refractivity contribution in [1.29, 1.82) is 0 Å². The van der Waals surface area contributed by atoms with E-state index >= 15 is 0 Å². The van der Waals surface area contributed by atoms with E-state index in [-0.39, 0.29) is 6.54 Å². The van der Waals surface area contributed by atoms with E-state index in [9.17, 15) is 18.0 Å². The van der Waals surface area contributed by atoms with Crippen LogP contribution in [0.15, 0.2) is 29.2 Å². The molecule has 0 aliphatic carbocycles. The molecule has 1 N–H and O–H groups in total. The van der Waals surface area contributed by atoms with Gasteiger partial charge in [0.05, 0.1) is 11.1 Å². The molecular formula is C11H8F3NO2S. The predicted molar refractivity (Wildman–Crippen MR) is 59.8 cm³/mol. The lowest BCUT2D eigenvalue weighted by Crippen LogP contribution is -2.09. The van der Waals surface area contributed by atoms with Gasteiger partial charge in [-0.15, -0.1) is 0 Å². The molecule has 0 spiro atoms. The molecule has 18 heavy (non-hydrogen) atoms. The molecule has 0 saturated carbocycles. The van der Waals surface area contributed by atoms with Crippen LogP contribution in [0.25, 0.3) is 0 Å². The van der Waals surface area contributed by atoms with Gasteiger partial charge in [0.25, 0.3) is 0 Å². The minimum Gasteiger partial charge on any atom is -0.478 e. The number of nitrogens with zero attached hydrogens (tertiary/aromatic N) is 1. The van der Waals surface area contributed by atoms with Crippen LogP contribution in [0, 0.1) is 0 Å². The summed E-state index contributed by atoms with van der Waals surface area (Å²) in [4.78, 5) is 10.8. The molecule has 3 nitrogen and oxygen atoms in total. The first kappa shape index (κ1) is 12.7. The van der Waals surface area contributed by atoms with E-state index in [0.717, 1.165) is 18.0 Å². The van der Waals surface area contributed by atoms with Crippen molar-refractivity contribution >= 4 is 17.3 Å². The molecule has 2 aromatic rings. The van der Waals surface area contributed by atoms with Gasteiger partial charge in [0.15, 0.2) is 0 Å². The first-order valence-electron chi connectivity index (χ1n) is 4.89. The number of carboxylic acid groups (broad SMARTS) is 1. The molecule has 0 atom stereocenters. The summed E-state index contributed by atoms with van der Waals surface area (Å²) >= 11 is 1.43. The molecule has 96 valence electrons. The summed E-state index contributed by atoms with van der Waals surface area (Å²) in [7, 11) is 0. The normalized spacial score (nSPS) is 11.7. The van der Waals surface area contributed by atoms with Crippen molar-refractivity contribution in [2.24, 2.45) is 0 Å². The van der Waals surface area contributed by atoms with Gasteiger partial charge in [0.2, 0.25) is 0 Å². The second-order valence-corrected chi connectivity index (χ2v) is 4.47. The van der Waals surface area contributed by atoms with Gasteiger partial charge in [-0.05, 0) is 22.4 Å². The maximum absolute atomic E-state index is 12.6. The molecule has 0 radical (unpaired) electrons. The fourth-order valence-electron chi connectivity index (χ4n) is 1.59. The molecule has 0 bridgehead atoms. The topological polar surface area (TPSA) is 42.2 Å². The van der Waals surface area contributed by atoms with Crippen LogP contribution in [0.4, 0.5) is 13.2 Å². The highest BCUT2D eigenvalue weighted by Gasteiger charge is 2.36. The molecule has 0 saturated heterocycles. The highest BCUT2D eigenvalue weighted by atomic mass is 32.1. The number of aromatic carboxylic acids is 1. The Morgan fingerprint density at radius 2 is 2.11 bits per heavy atom. The van der Waals surface area contributed by atoms with Crippen molar-refractivity contribution in [2.45, 2.75) is 12.7 Å². The lowest BCUT2D eigenvalue weighted by molar-refractivity contribution is -0.138. The smallest absolute Gasteiger partial charge is 0.418 e. The lowest BCUT2D eigenvalue weighted by atomic mass is 10.2. The summed E-state index contributed by atoms with van der Waals surface area (Å²) < 4.78 is 39.1. The van der Waals surface area contributed by atoms with Crippen molar-refractivity contribution in [2.75, 3.05) is 0 Å². The van der Waals surface area contributed by atoms with Crippen LogP contribution in [-0.2, 0) is 12.7 Å². The zero-order valence-corrected chi connectivity index (χ0v) is 9.76. The fourth-order valence-corrected chi connectivity index (χ4v) is 2.25. The van der Waals surface area contributed by atoms with Gasteiger partial charge in [-0.25, -0.2) is 4.79 Å². The van der Waals surface area contributed by atoms with Gasteiger partial charge in [0, 0.05) is 18.9 Å². The van der Waals surface area contributed by atoms with E-state index in [1.807, 2.05) is 5.38 Å². The number of rotatable bonds is 3. The monoisotopic (exact) mass is 275 g/mol. The Hall–Kier alpha value is -1.76. The molecule has 0 aromatic carbocycles. The lowest BCUT2D eigenvalue weighted by Gasteiger charge is -2.04.